The van der Waals surface area contributed by atoms with Crippen LogP contribution in [0.15, 0.2) is 11.2 Å². The van der Waals surface area contributed by atoms with Gasteiger partial charge in [0.1, 0.15) is 0 Å². The number of hydrogen-bond donors (Lipinski definition) is 1. The Morgan fingerprint density at radius 1 is 1.43 bits per heavy atom. The fraction of sp³-hybridized carbons (Fsp3) is 0.500. The summed E-state index contributed by atoms with van der Waals surface area (Å²) in [5.41, 5.74) is 1.45. The summed E-state index contributed by atoms with van der Waals surface area (Å²) in [7, 11) is 0. The molecular formula is C14H17N3O2S2. The van der Waals surface area contributed by atoms with Crippen molar-refractivity contribution in [2.45, 2.75) is 44.3 Å². The van der Waals surface area contributed by atoms with Crippen molar-refractivity contribution in [2.24, 2.45) is 0 Å². The highest BCUT2D eigenvalue weighted by atomic mass is 32.2. The van der Waals surface area contributed by atoms with Gasteiger partial charge in [-0.2, -0.15) is 0 Å². The minimum absolute atomic E-state index is 0.0130. The Morgan fingerprint density at radius 2 is 2.24 bits per heavy atom. The molecule has 0 amide bonds. The molecule has 0 aromatic carbocycles. The molecule has 7 heteroatoms. The molecule has 5 nitrogen and oxygen atoms in total. The van der Waals surface area contributed by atoms with E-state index in [4.69, 9.17) is 5.11 Å². The van der Waals surface area contributed by atoms with E-state index in [-0.39, 0.29) is 5.75 Å². The number of aryl methyl sites for hydroxylation is 2. The second kappa shape index (κ2) is 6.19. The Morgan fingerprint density at radius 3 is 2.95 bits per heavy atom. The van der Waals surface area contributed by atoms with Crippen molar-refractivity contribution in [3.63, 3.8) is 0 Å². The van der Waals surface area contributed by atoms with Gasteiger partial charge in [0.25, 0.3) is 0 Å². The lowest BCUT2D eigenvalue weighted by atomic mass is 9.99. The van der Waals surface area contributed by atoms with Gasteiger partial charge in [0.05, 0.1) is 10.6 Å². The summed E-state index contributed by atoms with van der Waals surface area (Å²) < 4.78 is 2.00. The van der Waals surface area contributed by atoms with E-state index in [0.29, 0.717) is 5.16 Å². The summed E-state index contributed by atoms with van der Waals surface area (Å²) in [4.78, 5) is 13.3. The number of aromatic nitrogens is 3. The maximum atomic E-state index is 10.7. The molecule has 2 aromatic rings. The van der Waals surface area contributed by atoms with Gasteiger partial charge in [0.2, 0.25) is 0 Å². The first-order valence-electron chi connectivity index (χ1n) is 7.08. The van der Waals surface area contributed by atoms with Crippen LogP contribution >= 0.6 is 23.1 Å². The number of thiophene rings is 1. The summed E-state index contributed by atoms with van der Waals surface area (Å²) in [5, 5.41) is 17.9. The third-order valence-electron chi connectivity index (χ3n) is 3.57. The molecular weight excluding hydrogens is 306 g/mol. The molecule has 0 fully saturated rings. The van der Waals surface area contributed by atoms with Crippen LogP contribution in [-0.2, 0) is 24.2 Å². The molecule has 0 saturated carbocycles. The quantitative estimate of drug-likeness (QED) is 0.856. The molecule has 0 unspecified atom stereocenters. The van der Waals surface area contributed by atoms with Crippen LogP contribution in [0.2, 0.25) is 0 Å². The van der Waals surface area contributed by atoms with Gasteiger partial charge in [-0.05, 0) is 44.2 Å². The zero-order valence-corrected chi connectivity index (χ0v) is 13.5. The highest BCUT2D eigenvalue weighted by Crippen LogP contribution is 2.36. The second-order valence-corrected chi connectivity index (χ2v) is 7.08. The molecule has 21 heavy (non-hydrogen) atoms. The van der Waals surface area contributed by atoms with Crippen molar-refractivity contribution < 1.29 is 9.90 Å². The lowest BCUT2D eigenvalue weighted by Crippen LogP contribution is -2.03. The monoisotopic (exact) mass is 323 g/mol. The summed E-state index contributed by atoms with van der Waals surface area (Å²) in [6.45, 7) is 2.78. The molecule has 0 atom stereocenters. The smallest absolute Gasteiger partial charge is 0.313 e. The number of thioether (sulfide) groups is 1. The van der Waals surface area contributed by atoms with Crippen molar-refractivity contribution in [3.8, 4) is 10.7 Å². The molecule has 3 rings (SSSR count). The van der Waals surface area contributed by atoms with Crippen molar-refractivity contribution >= 4 is 29.1 Å². The predicted octanol–water partition coefficient (Wildman–Crippen LogP) is 3.08. The minimum Gasteiger partial charge on any atom is -0.481 e. The highest BCUT2D eigenvalue weighted by Gasteiger charge is 2.19. The molecule has 2 heterocycles. The van der Waals surface area contributed by atoms with Crippen LogP contribution in [0.3, 0.4) is 0 Å². The molecule has 0 radical (unpaired) electrons. The molecule has 0 aliphatic heterocycles. The minimum atomic E-state index is -0.834. The topological polar surface area (TPSA) is 68.0 Å². The Hall–Kier alpha value is -1.34. The summed E-state index contributed by atoms with van der Waals surface area (Å²) in [6.07, 6.45) is 4.87. The number of aliphatic carboxylic acids is 1. The van der Waals surface area contributed by atoms with Gasteiger partial charge in [0, 0.05) is 11.4 Å². The van der Waals surface area contributed by atoms with Crippen LogP contribution in [0, 0.1) is 0 Å². The first-order chi connectivity index (χ1) is 10.2. The Labute approximate surface area is 131 Å². The number of carboxylic acids is 1. The number of nitrogens with zero attached hydrogens (tertiary/aromatic N) is 3. The van der Waals surface area contributed by atoms with Crippen LogP contribution < -0.4 is 0 Å². The van der Waals surface area contributed by atoms with Crippen LogP contribution in [0.4, 0.5) is 0 Å². The number of fused-ring (bicyclic) bond motifs is 1. The molecule has 0 spiro atoms. The van der Waals surface area contributed by atoms with E-state index in [9.17, 15) is 4.79 Å². The van der Waals surface area contributed by atoms with E-state index in [0.717, 1.165) is 23.7 Å². The zero-order chi connectivity index (χ0) is 14.8. The van der Waals surface area contributed by atoms with Crippen molar-refractivity contribution in [1.82, 2.24) is 14.8 Å². The molecule has 0 bridgehead atoms. The van der Waals surface area contributed by atoms with Gasteiger partial charge < -0.3 is 9.67 Å². The Kier molecular flexibility index (Phi) is 4.30. The van der Waals surface area contributed by atoms with E-state index in [1.54, 1.807) is 11.3 Å². The number of carbonyl (C=O) groups is 1. The standard InChI is InChI=1S/C14H17N3O2S2/c1-2-17-13(15-16-14(17)20-8-12(18)19)11-7-9-5-3-4-6-10(9)21-11/h7H,2-6,8H2,1H3,(H,18,19). The van der Waals surface area contributed by atoms with Gasteiger partial charge >= 0.3 is 5.97 Å². The summed E-state index contributed by atoms with van der Waals surface area (Å²) in [5.74, 6) is 0.0441. The van der Waals surface area contributed by atoms with Gasteiger partial charge in [-0.3, -0.25) is 4.79 Å². The normalized spacial score (nSPS) is 14.1. The maximum Gasteiger partial charge on any atom is 0.313 e. The zero-order valence-electron chi connectivity index (χ0n) is 11.8. The molecule has 1 N–H and O–H groups in total. The van der Waals surface area contributed by atoms with Gasteiger partial charge in [0.15, 0.2) is 11.0 Å². The first kappa shape index (κ1) is 14.6. The Bertz CT molecular complexity index is 640. The Balaban J connectivity index is 1.91. The van der Waals surface area contributed by atoms with E-state index in [1.165, 1.54) is 41.5 Å². The fourth-order valence-corrected chi connectivity index (χ4v) is 4.56. The molecule has 0 saturated heterocycles. The molecule has 2 aromatic heterocycles. The van der Waals surface area contributed by atoms with Crippen molar-refractivity contribution in [1.29, 1.82) is 0 Å². The summed E-state index contributed by atoms with van der Waals surface area (Å²) in [6, 6.07) is 2.24. The number of carboxylic acid groups (broad SMARTS) is 1. The van der Waals surface area contributed by atoms with Crippen molar-refractivity contribution in [2.75, 3.05) is 5.75 Å². The largest absolute Gasteiger partial charge is 0.481 e. The number of rotatable bonds is 5. The fourth-order valence-electron chi connectivity index (χ4n) is 2.59. The first-order valence-corrected chi connectivity index (χ1v) is 8.89. The van der Waals surface area contributed by atoms with E-state index >= 15 is 0 Å². The van der Waals surface area contributed by atoms with Crippen LogP contribution in [0.25, 0.3) is 10.7 Å². The average molecular weight is 323 g/mol. The molecule has 1 aliphatic carbocycles. The highest BCUT2D eigenvalue weighted by molar-refractivity contribution is 7.99. The average Bonchev–Trinajstić information content (AvgIpc) is 3.07. The van der Waals surface area contributed by atoms with Crippen LogP contribution in [-0.4, -0.2) is 31.6 Å². The van der Waals surface area contributed by atoms with E-state index in [2.05, 4.69) is 16.3 Å². The van der Waals surface area contributed by atoms with Crippen LogP contribution in [0.1, 0.15) is 30.2 Å². The van der Waals surface area contributed by atoms with E-state index < -0.39 is 5.97 Å². The summed E-state index contributed by atoms with van der Waals surface area (Å²) >= 11 is 3.03. The third-order valence-corrected chi connectivity index (χ3v) is 5.76. The van der Waals surface area contributed by atoms with Gasteiger partial charge in [-0.15, -0.1) is 21.5 Å². The third kappa shape index (κ3) is 2.98. The lowest BCUT2D eigenvalue weighted by molar-refractivity contribution is -0.133. The van der Waals surface area contributed by atoms with Crippen LogP contribution in [0.5, 0.6) is 0 Å². The maximum absolute atomic E-state index is 10.7. The molecule has 1 aliphatic rings. The van der Waals surface area contributed by atoms with Crippen molar-refractivity contribution in [3.05, 3.63) is 16.5 Å². The van der Waals surface area contributed by atoms with Gasteiger partial charge in [-0.1, -0.05) is 11.8 Å². The second-order valence-electron chi connectivity index (χ2n) is 5.00. The van der Waals surface area contributed by atoms with E-state index in [1.807, 2.05) is 11.5 Å². The molecule has 112 valence electrons. The SMILES string of the molecule is CCn1c(SCC(=O)O)nnc1-c1cc2c(s1)CCCC2. The van der Waals surface area contributed by atoms with Gasteiger partial charge in [-0.25, -0.2) is 0 Å². The predicted molar refractivity (Wildman–Crippen MR) is 84.0 cm³/mol. The lowest BCUT2D eigenvalue weighted by Gasteiger charge is -2.08. The number of hydrogen-bond acceptors (Lipinski definition) is 5.